The number of hydrogen-bond acceptors (Lipinski definition) is 4. The van der Waals surface area contributed by atoms with Gasteiger partial charge in [0.25, 0.3) is 5.56 Å². The van der Waals surface area contributed by atoms with E-state index in [-0.39, 0.29) is 11.7 Å². The van der Waals surface area contributed by atoms with Crippen LogP contribution in [0.5, 0.6) is 5.75 Å². The van der Waals surface area contributed by atoms with Crippen LogP contribution in [0.3, 0.4) is 0 Å². The van der Waals surface area contributed by atoms with E-state index in [1.807, 2.05) is 0 Å². The first-order valence-corrected chi connectivity index (χ1v) is 8.62. The zero-order valence-corrected chi connectivity index (χ0v) is 14.8. The van der Waals surface area contributed by atoms with Gasteiger partial charge in [0.2, 0.25) is 0 Å². The molecule has 0 unspecified atom stereocenters. The van der Waals surface area contributed by atoms with Gasteiger partial charge in [-0.15, -0.1) is 0 Å². The molecule has 1 aliphatic rings. The first-order valence-electron chi connectivity index (χ1n) is 8.62. The lowest BCUT2D eigenvalue weighted by Gasteiger charge is -2.16. The van der Waals surface area contributed by atoms with E-state index in [2.05, 4.69) is 4.74 Å². The van der Waals surface area contributed by atoms with Crippen LogP contribution in [0.25, 0.3) is 16.6 Å². The Morgan fingerprint density at radius 2 is 1.89 bits per heavy atom. The van der Waals surface area contributed by atoms with Crippen LogP contribution >= 0.6 is 0 Å². The van der Waals surface area contributed by atoms with Gasteiger partial charge in [-0.3, -0.25) is 9.20 Å². The fourth-order valence-corrected chi connectivity index (χ4v) is 3.50. The Morgan fingerprint density at radius 1 is 1.25 bits per heavy atom. The van der Waals surface area contributed by atoms with Gasteiger partial charge >= 0.3 is 6.16 Å². The summed E-state index contributed by atoms with van der Waals surface area (Å²) in [7, 11) is 0. The maximum Gasteiger partial charge on any atom is 0.511 e. The van der Waals surface area contributed by atoms with E-state index in [1.54, 1.807) is 13.0 Å². The Morgan fingerprint density at radius 3 is 2.46 bits per heavy atom. The number of nitrogens with two attached hydrogens (primary N) is 1. The molecule has 3 N–H and O–H groups in total. The van der Waals surface area contributed by atoms with Gasteiger partial charge in [-0.1, -0.05) is 0 Å². The average Bonchev–Trinajstić information content (AvgIpc) is 3.46. The first kappa shape index (κ1) is 18.0. The summed E-state index contributed by atoms with van der Waals surface area (Å²) < 4.78 is 33.8. The van der Waals surface area contributed by atoms with Gasteiger partial charge in [0.15, 0.2) is 5.75 Å². The summed E-state index contributed by atoms with van der Waals surface area (Å²) in [5.74, 6) is -1.83. The molecular formula is C20H16F2N2O4. The van der Waals surface area contributed by atoms with Crippen LogP contribution in [-0.2, 0) is 0 Å². The number of halogens is 2. The minimum Gasteiger partial charge on any atom is -0.449 e. The molecule has 28 heavy (non-hydrogen) atoms. The quantitative estimate of drug-likeness (QED) is 0.523. The fourth-order valence-electron chi connectivity index (χ4n) is 3.50. The van der Waals surface area contributed by atoms with Crippen molar-refractivity contribution in [1.29, 1.82) is 0 Å². The molecule has 1 aliphatic carbocycles. The van der Waals surface area contributed by atoms with Crippen LogP contribution in [0.2, 0.25) is 0 Å². The third kappa shape index (κ3) is 2.87. The van der Waals surface area contributed by atoms with Crippen molar-refractivity contribution in [3.05, 3.63) is 63.6 Å². The van der Waals surface area contributed by atoms with E-state index in [9.17, 15) is 18.4 Å². The number of carbonyl (C=O) groups is 1. The molecule has 8 heteroatoms. The van der Waals surface area contributed by atoms with E-state index in [0.717, 1.165) is 30.5 Å². The van der Waals surface area contributed by atoms with Gasteiger partial charge in [0, 0.05) is 6.20 Å². The topological polar surface area (TPSA) is 94.0 Å². The molecule has 0 aliphatic heterocycles. The maximum absolute atomic E-state index is 13.9. The second-order valence-electron chi connectivity index (χ2n) is 6.84. The lowest BCUT2D eigenvalue weighted by molar-refractivity contribution is 0.143. The van der Waals surface area contributed by atoms with E-state index in [4.69, 9.17) is 10.8 Å². The largest absolute Gasteiger partial charge is 0.511 e. The Bertz CT molecular complexity index is 1180. The minimum absolute atomic E-state index is 0.167. The standard InChI is InChI=1S/C20H16F2N2O4/c1-9-12(11-6-14(21)17(23)15(22)7-11)4-5-24-18(9)13(10-2-3-10)8-16(19(24)25)28-20(26)27/h4-8,10H,2-3,23H2,1H3,(H,26,27). The molecule has 0 atom stereocenters. The number of nitrogen functional groups attached to an aromatic ring is 1. The molecular weight excluding hydrogens is 370 g/mol. The van der Waals surface area contributed by atoms with Crippen molar-refractivity contribution in [2.45, 2.75) is 25.7 Å². The van der Waals surface area contributed by atoms with Crippen molar-refractivity contribution < 1.29 is 23.4 Å². The lowest BCUT2D eigenvalue weighted by Crippen LogP contribution is -2.20. The van der Waals surface area contributed by atoms with E-state index < -0.39 is 29.0 Å². The highest BCUT2D eigenvalue weighted by atomic mass is 19.1. The molecule has 6 nitrogen and oxygen atoms in total. The number of rotatable bonds is 3. The van der Waals surface area contributed by atoms with Crippen molar-refractivity contribution >= 4 is 17.4 Å². The van der Waals surface area contributed by atoms with Gasteiger partial charge in [-0.25, -0.2) is 13.6 Å². The molecule has 1 fully saturated rings. The second kappa shape index (κ2) is 6.33. The summed E-state index contributed by atoms with van der Waals surface area (Å²) in [4.78, 5) is 23.5. The minimum atomic E-state index is -1.57. The molecule has 3 aromatic rings. The summed E-state index contributed by atoms with van der Waals surface area (Å²) in [6.07, 6.45) is 1.68. The van der Waals surface area contributed by atoms with Crippen LogP contribution < -0.4 is 16.0 Å². The van der Waals surface area contributed by atoms with Crippen molar-refractivity contribution in [2.24, 2.45) is 0 Å². The maximum atomic E-state index is 13.9. The molecule has 2 aromatic heterocycles. The zero-order valence-electron chi connectivity index (χ0n) is 14.8. The molecule has 4 rings (SSSR count). The molecule has 1 aromatic carbocycles. The number of aromatic nitrogens is 1. The number of anilines is 1. The van der Waals surface area contributed by atoms with Crippen molar-refractivity contribution in [2.75, 3.05) is 5.73 Å². The average molecular weight is 386 g/mol. The van der Waals surface area contributed by atoms with E-state index in [0.29, 0.717) is 22.2 Å². The van der Waals surface area contributed by atoms with Crippen molar-refractivity contribution in [3.8, 4) is 16.9 Å². The van der Waals surface area contributed by atoms with Crippen LogP contribution in [0.15, 0.2) is 35.3 Å². The number of hydrogen-bond donors (Lipinski definition) is 2. The van der Waals surface area contributed by atoms with Gasteiger partial charge in [-0.05, 0) is 72.2 Å². The number of ether oxygens (including phenoxy) is 1. The molecule has 0 radical (unpaired) electrons. The Labute approximate surface area is 157 Å². The Balaban J connectivity index is 2.00. The van der Waals surface area contributed by atoms with Crippen molar-refractivity contribution in [3.63, 3.8) is 0 Å². The van der Waals surface area contributed by atoms with Gasteiger partial charge in [0.05, 0.1) is 5.52 Å². The molecule has 0 amide bonds. The van der Waals surface area contributed by atoms with Gasteiger partial charge in [-0.2, -0.15) is 0 Å². The fraction of sp³-hybridized carbons (Fsp3) is 0.200. The highest BCUT2D eigenvalue weighted by Gasteiger charge is 2.29. The molecule has 2 heterocycles. The molecule has 1 saturated carbocycles. The van der Waals surface area contributed by atoms with Crippen molar-refractivity contribution in [1.82, 2.24) is 4.40 Å². The lowest BCUT2D eigenvalue weighted by atomic mass is 9.97. The smallest absolute Gasteiger partial charge is 0.449 e. The van der Waals surface area contributed by atoms with E-state index >= 15 is 0 Å². The number of aryl methyl sites for hydroxylation is 1. The highest BCUT2D eigenvalue weighted by molar-refractivity contribution is 5.78. The monoisotopic (exact) mass is 386 g/mol. The SMILES string of the molecule is Cc1c(-c2cc(F)c(N)c(F)c2)ccn2c(=O)c(OC(=O)O)cc(C3CC3)c12. The third-order valence-corrected chi connectivity index (χ3v) is 4.98. The van der Waals surface area contributed by atoms with Crippen LogP contribution in [0, 0.1) is 18.6 Å². The van der Waals surface area contributed by atoms with E-state index in [1.165, 1.54) is 16.7 Å². The van der Waals surface area contributed by atoms with Crippen LogP contribution in [-0.4, -0.2) is 15.7 Å². The Hall–Kier alpha value is -3.42. The van der Waals surface area contributed by atoms with Crippen LogP contribution in [0.4, 0.5) is 19.3 Å². The van der Waals surface area contributed by atoms with Crippen LogP contribution in [0.1, 0.15) is 29.9 Å². The van der Waals surface area contributed by atoms with Gasteiger partial charge in [0.1, 0.15) is 17.3 Å². The van der Waals surface area contributed by atoms with Gasteiger partial charge < -0.3 is 15.6 Å². The molecule has 144 valence electrons. The second-order valence-corrected chi connectivity index (χ2v) is 6.84. The summed E-state index contributed by atoms with van der Waals surface area (Å²) >= 11 is 0. The molecule has 0 spiro atoms. The number of fused-ring (bicyclic) bond motifs is 1. The zero-order chi connectivity index (χ0) is 20.2. The number of nitrogens with zero attached hydrogens (tertiary/aromatic N) is 1. The summed E-state index contributed by atoms with van der Waals surface area (Å²) in [6.45, 7) is 1.75. The highest BCUT2D eigenvalue weighted by Crippen LogP contribution is 2.44. The molecule has 0 saturated heterocycles. The Kier molecular flexibility index (Phi) is 4.06. The predicted octanol–water partition coefficient (Wildman–Crippen LogP) is 4.07. The number of pyridine rings is 2. The third-order valence-electron chi connectivity index (χ3n) is 4.98. The number of carboxylic acid groups (broad SMARTS) is 1. The first-order chi connectivity index (χ1) is 13.3. The molecule has 0 bridgehead atoms. The normalized spacial score (nSPS) is 13.7. The predicted molar refractivity (Wildman–Crippen MR) is 98.8 cm³/mol. The summed E-state index contributed by atoms with van der Waals surface area (Å²) in [5.41, 5.74) is 7.02. The summed E-state index contributed by atoms with van der Waals surface area (Å²) in [5, 5.41) is 8.88. The summed E-state index contributed by atoms with van der Waals surface area (Å²) in [6, 6.07) is 5.29. The number of benzene rings is 1.